The summed E-state index contributed by atoms with van der Waals surface area (Å²) in [7, 11) is 0. The summed E-state index contributed by atoms with van der Waals surface area (Å²) in [5.41, 5.74) is 0.0652. The topological polar surface area (TPSA) is 68.4 Å². The molecule has 2 aromatic rings. The van der Waals surface area contributed by atoms with Gasteiger partial charge in [-0.05, 0) is 44.0 Å². The largest absolute Gasteiger partial charge is 0.351 e. The Bertz CT molecular complexity index is 723. The smallest absolute Gasteiger partial charge is 0.269 e. The maximum absolute atomic E-state index is 12.7. The number of benzene rings is 1. The van der Waals surface area contributed by atoms with Crippen LogP contribution in [-0.2, 0) is 4.79 Å². The summed E-state index contributed by atoms with van der Waals surface area (Å²) in [4.78, 5) is 25.7. The fourth-order valence-electron chi connectivity index (χ4n) is 3.13. The van der Waals surface area contributed by atoms with E-state index in [4.69, 9.17) is 0 Å². The van der Waals surface area contributed by atoms with Crippen LogP contribution in [0.5, 0.6) is 0 Å². The number of thioether (sulfide) groups is 1. The highest BCUT2D eigenvalue weighted by atomic mass is 32.2. The number of hydrogen-bond donors (Lipinski definition) is 0. The van der Waals surface area contributed by atoms with Crippen molar-refractivity contribution in [1.82, 2.24) is 9.47 Å². The Balaban J connectivity index is 1.53. The van der Waals surface area contributed by atoms with Crippen LogP contribution < -0.4 is 0 Å². The Hall–Kier alpha value is -2.28. The minimum Gasteiger partial charge on any atom is -0.351 e. The van der Waals surface area contributed by atoms with Gasteiger partial charge >= 0.3 is 0 Å². The summed E-state index contributed by atoms with van der Waals surface area (Å²) in [5, 5.41) is 10.5. The molecule has 1 unspecified atom stereocenters. The maximum atomic E-state index is 12.7. The van der Waals surface area contributed by atoms with Gasteiger partial charge in [-0.2, -0.15) is 0 Å². The van der Waals surface area contributed by atoms with E-state index < -0.39 is 4.92 Å². The molecule has 7 heteroatoms. The van der Waals surface area contributed by atoms with Crippen LogP contribution in [0.15, 0.2) is 53.7 Å². The number of nitrogens with zero attached hydrogens (tertiary/aromatic N) is 3. The number of carbonyl (C=O) groups excluding carboxylic acids is 1. The summed E-state index contributed by atoms with van der Waals surface area (Å²) in [5.74, 6) is 0.134. The van der Waals surface area contributed by atoms with Crippen molar-refractivity contribution in [3.63, 3.8) is 0 Å². The van der Waals surface area contributed by atoms with Crippen LogP contribution in [0.1, 0.15) is 25.8 Å². The Morgan fingerprint density at radius 3 is 2.36 bits per heavy atom. The molecular formula is C18H21N3O3S. The highest BCUT2D eigenvalue weighted by Gasteiger charge is 2.27. The Labute approximate surface area is 151 Å². The molecule has 25 heavy (non-hydrogen) atoms. The van der Waals surface area contributed by atoms with Gasteiger partial charge in [0.1, 0.15) is 0 Å². The summed E-state index contributed by atoms with van der Waals surface area (Å²) in [6.45, 7) is 3.44. The van der Waals surface area contributed by atoms with Gasteiger partial charge in [-0.25, -0.2) is 0 Å². The molecule has 6 nitrogen and oxygen atoms in total. The molecule has 0 radical (unpaired) electrons. The van der Waals surface area contributed by atoms with Crippen molar-refractivity contribution >= 4 is 23.4 Å². The quantitative estimate of drug-likeness (QED) is 0.463. The molecule has 1 amide bonds. The number of carbonyl (C=O) groups is 1. The lowest BCUT2D eigenvalue weighted by atomic mass is 10.0. The predicted octanol–water partition coefficient (Wildman–Crippen LogP) is 3.74. The van der Waals surface area contributed by atoms with Crippen molar-refractivity contribution < 1.29 is 9.72 Å². The van der Waals surface area contributed by atoms with Crippen molar-refractivity contribution in [2.75, 3.05) is 13.1 Å². The minimum atomic E-state index is -0.419. The molecule has 0 saturated carbocycles. The molecule has 1 aliphatic heterocycles. The van der Waals surface area contributed by atoms with Crippen LogP contribution in [0.4, 0.5) is 5.69 Å². The van der Waals surface area contributed by atoms with E-state index in [0.29, 0.717) is 6.04 Å². The van der Waals surface area contributed by atoms with Gasteiger partial charge in [0, 0.05) is 48.6 Å². The van der Waals surface area contributed by atoms with Crippen LogP contribution in [0.3, 0.4) is 0 Å². The third kappa shape index (κ3) is 4.22. The van der Waals surface area contributed by atoms with E-state index in [1.165, 1.54) is 23.9 Å². The number of non-ortho nitro benzene ring substituents is 1. The molecule has 2 heterocycles. The Morgan fingerprint density at radius 1 is 1.20 bits per heavy atom. The molecule has 3 rings (SSSR count). The molecule has 1 aromatic carbocycles. The van der Waals surface area contributed by atoms with Gasteiger partial charge in [-0.15, -0.1) is 11.8 Å². The number of aromatic nitrogens is 1. The first-order valence-corrected chi connectivity index (χ1v) is 9.25. The standard InChI is InChI=1S/C18H21N3O3S/c1-14(25-17-6-4-16(5-7-17)21(23)24)18(22)20-12-8-15(9-13-20)19-10-2-3-11-19/h2-7,10-11,14-15H,8-9,12-13H2,1H3. The van der Waals surface area contributed by atoms with Gasteiger partial charge in [0.2, 0.25) is 5.91 Å². The van der Waals surface area contributed by atoms with Gasteiger partial charge in [-0.3, -0.25) is 14.9 Å². The van der Waals surface area contributed by atoms with Crippen molar-refractivity contribution in [3.05, 3.63) is 58.9 Å². The number of rotatable bonds is 5. The molecular weight excluding hydrogens is 338 g/mol. The number of nitro benzene ring substituents is 1. The minimum absolute atomic E-state index is 0.0652. The summed E-state index contributed by atoms with van der Waals surface area (Å²) >= 11 is 1.45. The van der Waals surface area contributed by atoms with E-state index in [-0.39, 0.29) is 16.8 Å². The van der Waals surface area contributed by atoms with Crippen LogP contribution in [0, 0.1) is 10.1 Å². The lowest BCUT2D eigenvalue weighted by molar-refractivity contribution is -0.384. The highest BCUT2D eigenvalue weighted by molar-refractivity contribution is 8.00. The molecule has 1 aromatic heterocycles. The average Bonchev–Trinajstić information content (AvgIpc) is 3.16. The van der Waals surface area contributed by atoms with E-state index in [9.17, 15) is 14.9 Å². The third-order valence-corrected chi connectivity index (χ3v) is 5.63. The number of nitro groups is 1. The van der Waals surface area contributed by atoms with Gasteiger partial charge in [-0.1, -0.05) is 0 Å². The molecule has 0 spiro atoms. The van der Waals surface area contributed by atoms with Gasteiger partial charge < -0.3 is 9.47 Å². The molecule has 1 saturated heterocycles. The maximum Gasteiger partial charge on any atom is 0.269 e. The molecule has 0 aliphatic carbocycles. The fraction of sp³-hybridized carbons (Fsp3) is 0.389. The monoisotopic (exact) mass is 359 g/mol. The second kappa shape index (κ2) is 7.74. The van der Waals surface area contributed by atoms with Crippen molar-refractivity contribution in [3.8, 4) is 0 Å². The normalized spacial score (nSPS) is 16.6. The number of amides is 1. The van der Waals surface area contributed by atoms with Gasteiger partial charge in [0.15, 0.2) is 0 Å². The van der Waals surface area contributed by atoms with Crippen molar-refractivity contribution in [2.45, 2.75) is 36.0 Å². The first kappa shape index (κ1) is 17.5. The molecule has 132 valence electrons. The van der Waals surface area contributed by atoms with Crippen molar-refractivity contribution in [1.29, 1.82) is 0 Å². The van der Waals surface area contributed by atoms with E-state index in [2.05, 4.69) is 17.0 Å². The number of hydrogen-bond acceptors (Lipinski definition) is 4. The molecule has 0 N–H and O–H groups in total. The van der Waals surface area contributed by atoms with Crippen LogP contribution in [0.25, 0.3) is 0 Å². The second-order valence-corrected chi connectivity index (χ2v) is 7.61. The Kier molecular flexibility index (Phi) is 5.43. The zero-order valence-corrected chi connectivity index (χ0v) is 14.9. The zero-order chi connectivity index (χ0) is 17.8. The lowest BCUT2D eigenvalue weighted by Gasteiger charge is -2.34. The molecule has 1 aliphatic rings. The average molecular weight is 359 g/mol. The SMILES string of the molecule is CC(Sc1ccc([N+](=O)[O-])cc1)C(=O)N1CCC(n2cccc2)CC1. The van der Waals surface area contributed by atoms with E-state index >= 15 is 0 Å². The van der Waals surface area contributed by atoms with E-state index in [1.54, 1.807) is 12.1 Å². The lowest BCUT2D eigenvalue weighted by Crippen LogP contribution is -2.42. The highest BCUT2D eigenvalue weighted by Crippen LogP contribution is 2.28. The number of likely N-dealkylation sites (tertiary alicyclic amines) is 1. The van der Waals surface area contributed by atoms with Crippen LogP contribution >= 0.6 is 11.8 Å². The van der Waals surface area contributed by atoms with Crippen LogP contribution in [0.2, 0.25) is 0 Å². The molecule has 1 atom stereocenters. The fourth-order valence-corrected chi connectivity index (χ4v) is 4.09. The van der Waals surface area contributed by atoms with Crippen molar-refractivity contribution in [2.24, 2.45) is 0 Å². The van der Waals surface area contributed by atoms with Crippen LogP contribution in [-0.4, -0.2) is 38.6 Å². The molecule has 0 bridgehead atoms. The predicted molar refractivity (Wildman–Crippen MR) is 97.7 cm³/mol. The first-order chi connectivity index (χ1) is 12.0. The number of piperidine rings is 1. The Morgan fingerprint density at radius 2 is 1.80 bits per heavy atom. The summed E-state index contributed by atoms with van der Waals surface area (Å²) in [6.07, 6.45) is 6.09. The summed E-state index contributed by atoms with van der Waals surface area (Å²) < 4.78 is 2.22. The van der Waals surface area contributed by atoms with Gasteiger partial charge in [0.05, 0.1) is 10.2 Å². The van der Waals surface area contributed by atoms with E-state index in [0.717, 1.165) is 30.8 Å². The zero-order valence-electron chi connectivity index (χ0n) is 14.1. The van der Waals surface area contributed by atoms with Gasteiger partial charge in [0.25, 0.3) is 5.69 Å². The summed E-state index contributed by atoms with van der Waals surface area (Å²) in [6, 6.07) is 10.9. The molecule has 1 fully saturated rings. The second-order valence-electron chi connectivity index (χ2n) is 6.20. The third-order valence-electron chi connectivity index (χ3n) is 4.53. The van der Waals surface area contributed by atoms with E-state index in [1.807, 2.05) is 24.0 Å². The first-order valence-electron chi connectivity index (χ1n) is 8.37.